The van der Waals surface area contributed by atoms with Crippen molar-refractivity contribution in [3.8, 4) is 0 Å². The van der Waals surface area contributed by atoms with Crippen LogP contribution in [0.25, 0.3) is 0 Å². The maximum absolute atomic E-state index is 9.29. The molecule has 0 saturated heterocycles. The van der Waals surface area contributed by atoms with E-state index in [1.807, 2.05) is 4.68 Å². The molecule has 2 rings (SSSR count). The topological polar surface area (TPSA) is 54.2 Å². The second-order valence-electron chi connectivity index (χ2n) is 5.09. The Morgan fingerprint density at radius 3 is 2.71 bits per heavy atom. The van der Waals surface area contributed by atoms with Crippen molar-refractivity contribution < 1.29 is 5.11 Å². The molecule has 0 unspecified atom stereocenters. The van der Waals surface area contributed by atoms with Crippen LogP contribution in [-0.4, -0.2) is 45.6 Å². The van der Waals surface area contributed by atoms with E-state index < -0.39 is 0 Å². The molecule has 0 atom stereocenters. The predicted molar refractivity (Wildman–Crippen MR) is 65.7 cm³/mol. The Hall–Kier alpha value is -0.940. The smallest absolute Gasteiger partial charge is 0.112 e. The Balaban J connectivity index is 2.02. The molecule has 5 nitrogen and oxygen atoms in total. The van der Waals surface area contributed by atoms with Gasteiger partial charge in [0.25, 0.3) is 0 Å². The van der Waals surface area contributed by atoms with Gasteiger partial charge in [-0.25, -0.2) is 4.68 Å². The van der Waals surface area contributed by atoms with Crippen LogP contribution in [0.1, 0.15) is 43.0 Å². The molecule has 0 radical (unpaired) electrons. The molecule has 1 N–H and O–H groups in total. The van der Waals surface area contributed by atoms with Crippen molar-refractivity contribution in [3.05, 3.63) is 11.4 Å². The van der Waals surface area contributed by atoms with Gasteiger partial charge in [0.05, 0.1) is 12.3 Å². The number of aromatic nitrogens is 3. The maximum Gasteiger partial charge on any atom is 0.112 e. The minimum atomic E-state index is 0.0134. The summed E-state index contributed by atoms with van der Waals surface area (Å²) in [5.41, 5.74) is 1.96. The Morgan fingerprint density at radius 1 is 1.41 bits per heavy atom. The number of hydrogen-bond acceptors (Lipinski definition) is 4. The summed E-state index contributed by atoms with van der Waals surface area (Å²) in [6, 6.07) is 0. The number of rotatable bonds is 6. The van der Waals surface area contributed by atoms with Crippen molar-refractivity contribution in [2.24, 2.45) is 0 Å². The van der Waals surface area contributed by atoms with Crippen LogP contribution in [0.3, 0.4) is 0 Å². The summed E-state index contributed by atoms with van der Waals surface area (Å²) in [4.78, 5) is 2.17. The SMILES string of the molecule is CN(C)CCCn1nnc(CO)c1C1CCC1. The highest BCUT2D eigenvalue weighted by Crippen LogP contribution is 2.37. The molecule has 0 spiro atoms. The fourth-order valence-electron chi connectivity index (χ4n) is 2.30. The van der Waals surface area contributed by atoms with E-state index in [0.29, 0.717) is 5.92 Å². The van der Waals surface area contributed by atoms with Gasteiger partial charge in [0.1, 0.15) is 5.69 Å². The van der Waals surface area contributed by atoms with E-state index in [1.54, 1.807) is 0 Å². The van der Waals surface area contributed by atoms with E-state index in [2.05, 4.69) is 29.3 Å². The summed E-state index contributed by atoms with van der Waals surface area (Å²) in [6.45, 7) is 1.97. The van der Waals surface area contributed by atoms with E-state index in [0.717, 1.165) is 25.2 Å². The molecular formula is C12H22N4O. The van der Waals surface area contributed by atoms with Crippen LogP contribution < -0.4 is 0 Å². The molecule has 5 heteroatoms. The van der Waals surface area contributed by atoms with Crippen LogP contribution in [0.15, 0.2) is 0 Å². The van der Waals surface area contributed by atoms with Crippen molar-refractivity contribution in [2.75, 3.05) is 20.6 Å². The second kappa shape index (κ2) is 5.60. The van der Waals surface area contributed by atoms with E-state index in [1.165, 1.54) is 25.0 Å². The van der Waals surface area contributed by atoms with E-state index >= 15 is 0 Å². The summed E-state index contributed by atoms with van der Waals surface area (Å²) < 4.78 is 2.00. The summed E-state index contributed by atoms with van der Waals surface area (Å²) in [5, 5.41) is 17.5. The van der Waals surface area contributed by atoms with Gasteiger partial charge in [0.2, 0.25) is 0 Å². The highest BCUT2D eigenvalue weighted by Gasteiger charge is 2.27. The monoisotopic (exact) mass is 238 g/mol. The van der Waals surface area contributed by atoms with Crippen molar-refractivity contribution in [1.82, 2.24) is 19.9 Å². The van der Waals surface area contributed by atoms with Crippen LogP contribution in [-0.2, 0) is 13.2 Å². The Bertz CT molecular complexity index is 357. The normalized spacial score (nSPS) is 16.5. The fourth-order valence-corrected chi connectivity index (χ4v) is 2.30. The lowest BCUT2D eigenvalue weighted by atomic mass is 9.82. The van der Waals surface area contributed by atoms with Crippen molar-refractivity contribution >= 4 is 0 Å². The Morgan fingerprint density at radius 2 is 2.18 bits per heavy atom. The molecule has 1 aromatic heterocycles. The van der Waals surface area contributed by atoms with Crippen LogP contribution >= 0.6 is 0 Å². The van der Waals surface area contributed by atoms with Crippen LogP contribution in [0.2, 0.25) is 0 Å². The first-order valence-corrected chi connectivity index (χ1v) is 6.40. The number of hydrogen-bond donors (Lipinski definition) is 1. The minimum absolute atomic E-state index is 0.0134. The molecule has 0 amide bonds. The van der Waals surface area contributed by atoms with Crippen molar-refractivity contribution in [1.29, 1.82) is 0 Å². The lowest BCUT2D eigenvalue weighted by Crippen LogP contribution is -2.19. The molecule has 96 valence electrons. The molecule has 0 aromatic carbocycles. The van der Waals surface area contributed by atoms with Gasteiger partial charge < -0.3 is 10.0 Å². The molecule has 1 aromatic rings. The van der Waals surface area contributed by atoms with Gasteiger partial charge in [-0.1, -0.05) is 11.6 Å². The van der Waals surface area contributed by atoms with E-state index in [9.17, 15) is 5.11 Å². The predicted octanol–water partition coefficient (Wildman–Crippen LogP) is 0.990. The molecule has 1 aliphatic carbocycles. The summed E-state index contributed by atoms with van der Waals surface area (Å²) in [7, 11) is 4.15. The third-order valence-electron chi connectivity index (χ3n) is 3.46. The quantitative estimate of drug-likeness (QED) is 0.803. The highest BCUT2D eigenvalue weighted by molar-refractivity contribution is 5.17. The van der Waals surface area contributed by atoms with Gasteiger partial charge in [-0.05, 0) is 39.9 Å². The summed E-state index contributed by atoms with van der Waals surface area (Å²) in [5.74, 6) is 0.575. The standard InChI is InChI=1S/C12H22N4O/c1-15(2)7-4-8-16-12(10-5-3-6-10)11(9-17)13-14-16/h10,17H,3-9H2,1-2H3. The summed E-state index contributed by atoms with van der Waals surface area (Å²) >= 11 is 0. The van der Waals surface area contributed by atoms with Crippen LogP contribution in [0.4, 0.5) is 0 Å². The molecule has 1 fully saturated rings. The van der Waals surface area contributed by atoms with E-state index in [-0.39, 0.29) is 6.61 Å². The molecule has 17 heavy (non-hydrogen) atoms. The maximum atomic E-state index is 9.29. The molecule has 0 aliphatic heterocycles. The van der Waals surface area contributed by atoms with Crippen molar-refractivity contribution in [3.63, 3.8) is 0 Å². The zero-order valence-electron chi connectivity index (χ0n) is 10.8. The largest absolute Gasteiger partial charge is 0.390 e. The number of aliphatic hydroxyl groups is 1. The van der Waals surface area contributed by atoms with Gasteiger partial charge in [-0.3, -0.25) is 0 Å². The lowest BCUT2D eigenvalue weighted by Gasteiger charge is -2.26. The molecular weight excluding hydrogens is 216 g/mol. The highest BCUT2D eigenvalue weighted by atomic mass is 16.3. The van der Waals surface area contributed by atoms with Gasteiger partial charge >= 0.3 is 0 Å². The van der Waals surface area contributed by atoms with Gasteiger partial charge in [-0.15, -0.1) is 5.10 Å². The number of aliphatic hydroxyl groups excluding tert-OH is 1. The number of nitrogens with zero attached hydrogens (tertiary/aromatic N) is 4. The zero-order chi connectivity index (χ0) is 12.3. The molecule has 0 bridgehead atoms. The third-order valence-corrected chi connectivity index (χ3v) is 3.46. The summed E-state index contributed by atoms with van der Waals surface area (Å²) in [6.07, 6.45) is 4.79. The zero-order valence-corrected chi connectivity index (χ0v) is 10.8. The lowest BCUT2D eigenvalue weighted by molar-refractivity contribution is 0.271. The van der Waals surface area contributed by atoms with Crippen LogP contribution in [0, 0.1) is 0 Å². The third kappa shape index (κ3) is 2.84. The van der Waals surface area contributed by atoms with Gasteiger partial charge in [-0.2, -0.15) is 0 Å². The molecule has 1 saturated carbocycles. The van der Waals surface area contributed by atoms with Gasteiger partial charge in [0.15, 0.2) is 0 Å². The van der Waals surface area contributed by atoms with Crippen LogP contribution in [0.5, 0.6) is 0 Å². The molecule has 1 aliphatic rings. The average molecular weight is 238 g/mol. The van der Waals surface area contributed by atoms with E-state index in [4.69, 9.17) is 0 Å². The second-order valence-corrected chi connectivity index (χ2v) is 5.09. The first kappa shape index (κ1) is 12.5. The molecule has 1 heterocycles. The average Bonchev–Trinajstić information content (AvgIpc) is 2.59. The number of aryl methyl sites for hydroxylation is 1. The first-order valence-electron chi connectivity index (χ1n) is 6.40. The Labute approximate surface area is 102 Å². The van der Waals surface area contributed by atoms with Gasteiger partial charge in [0, 0.05) is 12.5 Å². The van der Waals surface area contributed by atoms with Crippen molar-refractivity contribution in [2.45, 2.75) is 44.8 Å². The first-order chi connectivity index (χ1) is 8.22. The minimum Gasteiger partial charge on any atom is -0.390 e. The fraction of sp³-hybridized carbons (Fsp3) is 0.833. The Kier molecular flexibility index (Phi) is 4.12.